The smallest absolute Gasteiger partial charge is 0.224 e. The van der Waals surface area contributed by atoms with Crippen LogP contribution < -0.4 is 11.1 Å². The average molecular weight is 311 g/mol. The number of carbonyl (C=O) groups is 1. The van der Waals surface area contributed by atoms with Gasteiger partial charge < -0.3 is 11.1 Å². The van der Waals surface area contributed by atoms with E-state index >= 15 is 0 Å². The third kappa shape index (κ3) is 3.79. The summed E-state index contributed by atoms with van der Waals surface area (Å²) < 4.78 is 23.4. The summed E-state index contributed by atoms with van der Waals surface area (Å²) in [6.45, 7) is 2.38. The molecule has 0 radical (unpaired) electrons. The predicted molar refractivity (Wildman–Crippen MR) is 80.5 cm³/mol. The lowest BCUT2D eigenvalue weighted by molar-refractivity contribution is -0.119. The van der Waals surface area contributed by atoms with Crippen molar-refractivity contribution in [3.05, 3.63) is 29.6 Å². The standard InChI is InChI=1S/C14H21N3O3S/c1-9(14(15)18)10-3-5-16-12(7-10)13-8-11(4-6-17-13)21(2,19)20/h3,5,7,9,11,13,17H,4,6,8H2,1-2H3,(H2,15,18)/t9?,11-,13?/m0/s1. The topological polar surface area (TPSA) is 102 Å². The zero-order valence-electron chi connectivity index (χ0n) is 12.2. The maximum Gasteiger partial charge on any atom is 0.224 e. The zero-order valence-corrected chi connectivity index (χ0v) is 13.1. The van der Waals surface area contributed by atoms with E-state index in [1.807, 2.05) is 6.07 Å². The first kappa shape index (κ1) is 15.9. The molecule has 2 rings (SSSR count). The van der Waals surface area contributed by atoms with Crippen LogP contribution in [0.2, 0.25) is 0 Å². The van der Waals surface area contributed by atoms with Crippen molar-refractivity contribution in [2.75, 3.05) is 12.8 Å². The zero-order chi connectivity index (χ0) is 15.6. The third-order valence-corrected chi connectivity index (χ3v) is 5.69. The van der Waals surface area contributed by atoms with Gasteiger partial charge in [0.2, 0.25) is 5.91 Å². The van der Waals surface area contributed by atoms with Gasteiger partial charge in [0, 0.05) is 12.5 Å². The Balaban J connectivity index is 2.22. The highest BCUT2D eigenvalue weighted by atomic mass is 32.2. The van der Waals surface area contributed by atoms with Crippen molar-refractivity contribution in [1.29, 1.82) is 0 Å². The van der Waals surface area contributed by atoms with E-state index in [0.29, 0.717) is 19.4 Å². The Bertz CT molecular complexity index is 630. The largest absolute Gasteiger partial charge is 0.369 e. The molecule has 3 N–H and O–H groups in total. The number of nitrogens with zero attached hydrogens (tertiary/aromatic N) is 1. The monoisotopic (exact) mass is 311 g/mol. The number of aromatic nitrogens is 1. The maximum atomic E-state index is 11.7. The first-order valence-corrected chi connectivity index (χ1v) is 8.92. The second kappa shape index (κ2) is 6.11. The van der Waals surface area contributed by atoms with Crippen LogP contribution in [0.4, 0.5) is 0 Å². The molecular weight excluding hydrogens is 290 g/mol. The third-order valence-electron chi connectivity index (χ3n) is 4.05. The molecule has 1 saturated heterocycles. The lowest BCUT2D eigenvalue weighted by Gasteiger charge is -2.29. The molecule has 6 nitrogen and oxygen atoms in total. The number of nitrogens with two attached hydrogens (primary N) is 1. The lowest BCUT2D eigenvalue weighted by Crippen LogP contribution is -2.38. The van der Waals surface area contributed by atoms with Crippen LogP contribution in [0.5, 0.6) is 0 Å². The van der Waals surface area contributed by atoms with Crippen LogP contribution in [0.25, 0.3) is 0 Å². The van der Waals surface area contributed by atoms with Crippen molar-refractivity contribution in [3.63, 3.8) is 0 Å². The van der Waals surface area contributed by atoms with Gasteiger partial charge in [0.05, 0.1) is 22.9 Å². The number of primary amides is 1. The molecule has 0 aliphatic carbocycles. The van der Waals surface area contributed by atoms with Gasteiger partial charge in [0.1, 0.15) is 9.84 Å². The second-order valence-corrected chi connectivity index (χ2v) is 7.95. The molecule has 0 saturated carbocycles. The Morgan fingerprint density at radius 2 is 2.24 bits per heavy atom. The van der Waals surface area contributed by atoms with Crippen molar-refractivity contribution in [3.8, 4) is 0 Å². The fourth-order valence-electron chi connectivity index (χ4n) is 2.59. The van der Waals surface area contributed by atoms with Crippen LogP contribution >= 0.6 is 0 Å². The molecule has 0 aromatic carbocycles. The van der Waals surface area contributed by atoms with Crippen LogP contribution in [-0.2, 0) is 14.6 Å². The molecule has 0 bridgehead atoms. The van der Waals surface area contributed by atoms with E-state index in [1.165, 1.54) is 6.26 Å². The summed E-state index contributed by atoms with van der Waals surface area (Å²) in [6, 6.07) is 3.48. The molecular formula is C14H21N3O3S. The minimum atomic E-state index is -3.05. The predicted octanol–water partition coefficient (Wildman–Crippen LogP) is 0.508. The Hall–Kier alpha value is -1.47. The van der Waals surface area contributed by atoms with Crippen molar-refractivity contribution >= 4 is 15.7 Å². The molecule has 1 aliphatic rings. The first-order chi connectivity index (χ1) is 9.79. The van der Waals surface area contributed by atoms with Crippen molar-refractivity contribution in [2.45, 2.75) is 37.0 Å². The Kier molecular flexibility index (Phi) is 4.63. The Labute approximate surface area is 125 Å². The molecule has 1 fully saturated rings. The average Bonchev–Trinajstić information content (AvgIpc) is 2.46. The van der Waals surface area contributed by atoms with Crippen LogP contribution in [0.3, 0.4) is 0 Å². The Morgan fingerprint density at radius 1 is 1.52 bits per heavy atom. The molecule has 0 spiro atoms. The fraction of sp³-hybridized carbons (Fsp3) is 0.571. The van der Waals surface area contributed by atoms with Crippen LogP contribution in [0.15, 0.2) is 18.3 Å². The van der Waals surface area contributed by atoms with Crippen molar-refractivity contribution in [2.24, 2.45) is 5.73 Å². The number of rotatable bonds is 4. The summed E-state index contributed by atoms with van der Waals surface area (Å²) in [6.07, 6.45) is 4.03. The van der Waals surface area contributed by atoms with Gasteiger partial charge >= 0.3 is 0 Å². The van der Waals surface area contributed by atoms with E-state index in [4.69, 9.17) is 5.73 Å². The maximum absolute atomic E-state index is 11.7. The summed E-state index contributed by atoms with van der Waals surface area (Å²) in [5.74, 6) is -0.779. The van der Waals surface area contributed by atoms with Gasteiger partial charge in [-0.3, -0.25) is 9.78 Å². The van der Waals surface area contributed by atoms with E-state index in [0.717, 1.165) is 11.3 Å². The molecule has 2 unspecified atom stereocenters. The quantitative estimate of drug-likeness (QED) is 0.843. The van der Waals surface area contributed by atoms with Crippen molar-refractivity contribution < 1.29 is 13.2 Å². The number of hydrogen-bond donors (Lipinski definition) is 2. The van der Waals surface area contributed by atoms with Crippen LogP contribution in [-0.4, -0.2) is 37.4 Å². The minimum Gasteiger partial charge on any atom is -0.369 e. The molecule has 3 atom stereocenters. The number of sulfone groups is 1. The molecule has 1 aromatic heterocycles. The van der Waals surface area contributed by atoms with Crippen LogP contribution in [0.1, 0.15) is 43.0 Å². The van der Waals surface area contributed by atoms with Gasteiger partial charge in [0.25, 0.3) is 0 Å². The molecule has 7 heteroatoms. The van der Waals surface area contributed by atoms with E-state index < -0.39 is 15.7 Å². The van der Waals surface area contributed by atoms with Crippen LogP contribution in [0, 0.1) is 0 Å². The highest BCUT2D eigenvalue weighted by Crippen LogP contribution is 2.27. The van der Waals surface area contributed by atoms with E-state index in [1.54, 1.807) is 19.2 Å². The molecule has 1 amide bonds. The van der Waals surface area contributed by atoms with Gasteiger partial charge in [0.15, 0.2) is 0 Å². The number of carbonyl (C=O) groups excluding carboxylic acids is 1. The summed E-state index contributed by atoms with van der Waals surface area (Å²) in [5, 5.41) is 2.95. The molecule has 1 aliphatic heterocycles. The molecule has 21 heavy (non-hydrogen) atoms. The van der Waals surface area contributed by atoms with E-state index in [2.05, 4.69) is 10.3 Å². The highest BCUT2D eigenvalue weighted by Gasteiger charge is 2.30. The lowest BCUT2D eigenvalue weighted by atomic mass is 9.96. The normalized spacial score (nSPS) is 24.5. The molecule has 116 valence electrons. The summed E-state index contributed by atoms with van der Waals surface area (Å²) in [4.78, 5) is 15.6. The number of amides is 1. The number of nitrogens with one attached hydrogen (secondary N) is 1. The number of pyridine rings is 1. The second-order valence-electron chi connectivity index (χ2n) is 5.62. The highest BCUT2D eigenvalue weighted by molar-refractivity contribution is 7.91. The summed E-state index contributed by atoms with van der Waals surface area (Å²) in [5.41, 5.74) is 6.88. The Morgan fingerprint density at radius 3 is 2.86 bits per heavy atom. The SMILES string of the molecule is CC(C(N)=O)c1ccnc(C2C[C@@H](S(C)(=O)=O)CCN2)c1. The van der Waals surface area contributed by atoms with Gasteiger partial charge in [-0.1, -0.05) is 0 Å². The molecule has 2 heterocycles. The van der Waals surface area contributed by atoms with Gasteiger partial charge in [-0.25, -0.2) is 8.42 Å². The molecule has 1 aromatic rings. The van der Waals surface area contributed by atoms with Crippen molar-refractivity contribution in [1.82, 2.24) is 10.3 Å². The summed E-state index contributed by atoms with van der Waals surface area (Å²) >= 11 is 0. The fourth-order valence-corrected chi connectivity index (χ4v) is 3.67. The van der Waals surface area contributed by atoms with E-state index in [9.17, 15) is 13.2 Å². The van der Waals surface area contributed by atoms with E-state index in [-0.39, 0.29) is 17.2 Å². The number of hydrogen-bond acceptors (Lipinski definition) is 5. The first-order valence-electron chi connectivity index (χ1n) is 6.96. The number of piperidine rings is 1. The van der Waals surface area contributed by atoms with Gasteiger partial charge in [-0.2, -0.15) is 0 Å². The van der Waals surface area contributed by atoms with Gasteiger partial charge in [-0.15, -0.1) is 0 Å². The van der Waals surface area contributed by atoms with Gasteiger partial charge in [-0.05, 0) is 44.0 Å². The summed E-state index contributed by atoms with van der Waals surface area (Å²) in [7, 11) is -3.05. The minimum absolute atomic E-state index is 0.112.